The summed E-state index contributed by atoms with van der Waals surface area (Å²) in [5.41, 5.74) is 4.87. The number of ketones is 1. The van der Waals surface area contributed by atoms with E-state index in [2.05, 4.69) is 0 Å². The average molecular weight is 376 g/mol. The molecule has 0 amide bonds. The summed E-state index contributed by atoms with van der Waals surface area (Å²) in [6, 6.07) is 13.1. The van der Waals surface area contributed by atoms with E-state index in [1.165, 1.54) is 6.08 Å². The molecular weight excluding hydrogens is 352 g/mol. The lowest BCUT2D eigenvalue weighted by molar-refractivity contribution is -0.137. The number of rotatable bonds is 6. The van der Waals surface area contributed by atoms with Crippen molar-refractivity contribution in [2.24, 2.45) is 0 Å². The minimum absolute atomic E-state index is 0.150. The number of anilines is 1. The highest BCUT2D eigenvalue weighted by molar-refractivity contribution is 6.03. The van der Waals surface area contributed by atoms with Crippen molar-refractivity contribution in [3.63, 3.8) is 0 Å². The van der Waals surface area contributed by atoms with E-state index in [4.69, 9.17) is 4.74 Å². The van der Waals surface area contributed by atoms with Crippen LogP contribution < -0.4 is 4.90 Å². The second-order valence-corrected chi connectivity index (χ2v) is 6.93. The van der Waals surface area contributed by atoms with Crippen molar-refractivity contribution in [2.45, 2.75) is 20.8 Å². The predicted molar refractivity (Wildman–Crippen MR) is 110 cm³/mol. The van der Waals surface area contributed by atoms with Gasteiger partial charge in [-0.25, -0.2) is 4.79 Å². The molecule has 0 saturated heterocycles. The fourth-order valence-electron chi connectivity index (χ4n) is 3.07. The van der Waals surface area contributed by atoms with Gasteiger partial charge < -0.3 is 9.64 Å². The van der Waals surface area contributed by atoms with Gasteiger partial charge in [-0.15, -0.1) is 0 Å². The van der Waals surface area contributed by atoms with Crippen molar-refractivity contribution in [3.8, 4) is 6.07 Å². The molecule has 0 aliphatic rings. The van der Waals surface area contributed by atoms with Crippen LogP contribution in [-0.4, -0.2) is 32.5 Å². The summed E-state index contributed by atoms with van der Waals surface area (Å²) >= 11 is 0. The first-order valence-electron chi connectivity index (χ1n) is 8.90. The number of Topliss-reactive ketones (excluding diaryl/α,β-unsaturated/α-hetero) is 1. The number of ether oxygens (including phenoxy) is 1. The molecule has 0 radical (unpaired) electrons. The molecule has 0 unspecified atom stereocenters. The molecule has 0 aromatic heterocycles. The summed E-state index contributed by atoms with van der Waals surface area (Å²) in [6.45, 7) is 5.27. The van der Waals surface area contributed by atoms with Crippen LogP contribution in [0.25, 0.3) is 6.08 Å². The normalized spacial score (nSPS) is 10.9. The summed E-state index contributed by atoms with van der Waals surface area (Å²) in [5.74, 6) is -1.09. The Bertz CT molecular complexity index is 941. The number of benzene rings is 2. The molecule has 0 saturated carbocycles. The van der Waals surface area contributed by atoms with Crippen molar-refractivity contribution in [2.75, 3.05) is 25.6 Å². The van der Waals surface area contributed by atoms with E-state index in [-0.39, 0.29) is 11.4 Å². The minimum Gasteiger partial charge on any atom is -0.453 e. The van der Waals surface area contributed by atoms with E-state index in [9.17, 15) is 14.9 Å². The highest BCUT2D eigenvalue weighted by Crippen LogP contribution is 2.18. The number of aryl methyl sites for hydroxylation is 3. The molecule has 0 aliphatic carbocycles. The fourth-order valence-corrected chi connectivity index (χ4v) is 3.07. The van der Waals surface area contributed by atoms with Crippen LogP contribution in [0.15, 0.2) is 42.0 Å². The summed E-state index contributed by atoms with van der Waals surface area (Å²) < 4.78 is 5.10. The molecule has 2 aromatic carbocycles. The van der Waals surface area contributed by atoms with Crippen molar-refractivity contribution in [1.29, 1.82) is 5.26 Å². The maximum Gasteiger partial charge on any atom is 0.349 e. The molecule has 2 aromatic rings. The first kappa shape index (κ1) is 20.9. The Balaban J connectivity index is 2.10. The average Bonchev–Trinajstić information content (AvgIpc) is 2.63. The van der Waals surface area contributed by atoms with Gasteiger partial charge >= 0.3 is 5.97 Å². The molecule has 28 heavy (non-hydrogen) atoms. The van der Waals surface area contributed by atoms with E-state index >= 15 is 0 Å². The number of nitriles is 1. The molecule has 5 nitrogen and oxygen atoms in total. The lowest BCUT2D eigenvalue weighted by atomic mass is 9.97. The van der Waals surface area contributed by atoms with Gasteiger partial charge in [0, 0.05) is 25.3 Å². The van der Waals surface area contributed by atoms with Crippen molar-refractivity contribution in [3.05, 3.63) is 69.8 Å². The van der Waals surface area contributed by atoms with E-state index in [0.717, 1.165) is 22.4 Å². The lowest BCUT2D eigenvalue weighted by Gasteiger charge is -2.12. The van der Waals surface area contributed by atoms with E-state index < -0.39 is 12.6 Å². The zero-order chi connectivity index (χ0) is 20.8. The Morgan fingerprint density at radius 1 is 1.07 bits per heavy atom. The summed E-state index contributed by atoms with van der Waals surface area (Å²) in [4.78, 5) is 26.7. The van der Waals surface area contributed by atoms with Crippen LogP contribution in [0.5, 0.6) is 0 Å². The van der Waals surface area contributed by atoms with Gasteiger partial charge in [0.15, 0.2) is 6.61 Å². The van der Waals surface area contributed by atoms with E-state index in [1.54, 1.807) is 0 Å². The quantitative estimate of drug-likeness (QED) is 0.330. The molecule has 0 fully saturated rings. The van der Waals surface area contributed by atoms with E-state index in [0.29, 0.717) is 11.1 Å². The van der Waals surface area contributed by atoms with Gasteiger partial charge in [0.1, 0.15) is 11.6 Å². The maximum atomic E-state index is 12.5. The first-order valence-corrected chi connectivity index (χ1v) is 8.90. The van der Waals surface area contributed by atoms with Gasteiger partial charge in [-0.05, 0) is 55.7 Å². The van der Waals surface area contributed by atoms with Gasteiger partial charge in [0.2, 0.25) is 5.78 Å². The Hall–Kier alpha value is -3.39. The first-order chi connectivity index (χ1) is 13.2. The van der Waals surface area contributed by atoms with Crippen LogP contribution in [0.1, 0.15) is 32.6 Å². The molecule has 0 aliphatic heterocycles. The molecule has 5 heteroatoms. The molecule has 144 valence electrons. The van der Waals surface area contributed by atoms with Crippen molar-refractivity contribution < 1.29 is 14.3 Å². The van der Waals surface area contributed by atoms with Crippen LogP contribution >= 0.6 is 0 Å². The Morgan fingerprint density at radius 2 is 1.64 bits per heavy atom. The highest BCUT2D eigenvalue weighted by atomic mass is 16.5. The predicted octanol–water partition coefficient (Wildman–Crippen LogP) is 4.01. The molecule has 0 N–H and O–H groups in total. The number of carbonyl (C=O) groups is 2. The van der Waals surface area contributed by atoms with E-state index in [1.807, 2.05) is 82.2 Å². The van der Waals surface area contributed by atoms with Crippen LogP contribution in [0.4, 0.5) is 5.69 Å². The zero-order valence-corrected chi connectivity index (χ0v) is 16.9. The zero-order valence-electron chi connectivity index (χ0n) is 16.9. The molecule has 0 bridgehead atoms. The third-order valence-electron chi connectivity index (χ3n) is 4.35. The van der Waals surface area contributed by atoms with Gasteiger partial charge in [-0.1, -0.05) is 29.8 Å². The van der Waals surface area contributed by atoms with Gasteiger partial charge in [0.25, 0.3) is 0 Å². The largest absolute Gasteiger partial charge is 0.453 e. The van der Waals surface area contributed by atoms with Crippen molar-refractivity contribution >= 4 is 23.5 Å². The Kier molecular flexibility index (Phi) is 6.73. The number of hydrogen-bond acceptors (Lipinski definition) is 5. The van der Waals surface area contributed by atoms with Crippen LogP contribution in [0, 0.1) is 32.1 Å². The topological polar surface area (TPSA) is 70.4 Å². The SMILES string of the molecule is Cc1cc(C)c(C(=O)COC(=O)/C(C#N)=C/c2ccc(N(C)C)cc2)c(C)c1. The van der Waals surface area contributed by atoms with Gasteiger partial charge in [-0.2, -0.15) is 5.26 Å². The second-order valence-electron chi connectivity index (χ2n) is 6.93. The molecule has 0 heterocycles. The number of hydrogen-bond donors (Lipinski definition) is 0. The molecule has 0 atom stereocenters. The number of carbonyl (C=O) groups excluding carboxylic acids is 2. The molecule has 2 rings (SSSR count). The van der Waals surface area contributed by atoms with Crippen molar-refractivity contribution in [1.82, 2.24) is 0 Å². The lowest BCUT2D eigenvalue weighted by Crippen LogP contribution is -2.17. The number of esters is 1. The standard InChI is InChI=1S/C23H24N2O3/c1-15-10-16(2)22(17(3)11-15)21(26)14-28-23(27)19(13-24)12-18-6-8-20(9-7-18)25(4)5/h6-12H,14H2,1-5H3/b19-12+. The monoisotopic (exact) mass is 376 g/mol. The van der Waals surface area contributed by atoms with Gasteiger partial charge in [0.05, 0.1) is 0 Å². The van der Waals surface area contributed by atoms with Crippen LogP contribution in [0.2, 0.25) is 0 Å². The Morgan fingerprint density at radius 3 is 2.14 bits per heavy atom. The molecular formula is C23H24N2O3. The highest BCUT2D eigenvalue weighted by Gasteiger charge is 2.17. The summed E-state index contributed by atoms with van der Waals surface area (Å²) in [6.07, 6.45) is 1.45. The third kappa shape index (κ3) is 5.08. The van der Waals surface area contributed by atoms with Crippen LogP contribution in [-0.2, 0) is 9.53 Å². The second kappa shape index (κ2) is 9.01. The van der Waals surface area contributed by atoms with Crippen LogP contribution in [0.3, 0.4) is 0 Å². The smallest absolute Gasteiger partial charge is 0.349 e. The Labute approximate surface area is 165 Å². The molecule has 0 spiro atoms. The maximum absolute atomic E-state index is 12.5. The minimum atomic E-state index is -0.810. The summed E-state index contributed by atoms with van der Waals surface area (Å²) in [7, 11) is 3.86. The third-order valence-corrected chi connectivity index (χ3v) is 4.35. The summed E-state index contributed by atoms with van der Waals surface area (Å²) in [5, 5.41) is 9.29. The number of nitrogens with zero attached hydrogens (tertiary/aromatic N) is 2. The fraction of sp³-hybridized carbons (Fsp3) is 0.261. The van der Waals surface area contributed by atoms with Gasteiger partial charge in [-0.3, -0.25) is 4.79 Å².